The van der Waals surface area contributed by atoms with E-state index in [1.165, 1.54) is 11.1 Å². The molecular weight excluding hydrogens is 347 g/mol. The Bertz CT molecular complexity index is 770. The van der Waals surface area contributed by atoms with Crippen LogP contribution in [0, 0.1) is 0 Å². The Labute approximate surface area is 169 Å². The van der Waals surface area contributed by atoms with E-state index < -0.39 is 6.92 Å². The third-order valence-corrected chi connectivity index (χ3v) is 5.69. The minimum atomic E-state index is -0.441. The number of carbonyl (C=O) groups excluding carboxylic acids is 1. The van der Waals surface area contributed by atoms with Gasteiger partial charge in [0.25, 0.3) is 5.91 Å². The molecule has 0 unspecified atom stereocenters. The number of benzene rings is 2. The quantitative estimate of drug-likeness (QED) is 0.729. The lowest BCUT2D eigenvalue weighted by Gasteiger charge is -2.32. The highest BCUT2D eigenvalue weighted by Gasteiger charge is 2.25. The molecule has 2 N–H and O–H groups in total. The van der Waals surface area contributed by atoms with Crippen molar-refractivity contribution in [3.63, 3.8) is 0 Å². The van der Waals surface area contributed by atoms with E-state index >= 15 is 0 Å². The molecule has 0 bridgehead atoms. The number of nitrogens with zero attached hydrogens (tertiary/aromatic N) is 1. The van der Waals surface area contributed by atoms with Gasteiger partial charge in [-0.3, -0.25) is 4.79 Å². The van der Waals surface area contributed by atoms with Crippen molar-refractivity contribution in [2.45, 2.75) is 45.0 Å². The van der Waals surface area contributed by atoms with E-state index in [0.29, 0.717) is 11.5 Å². The Morgan fingerprint density at radius 3 is 2.54 bits per heavy atom. The molecule has 1 aliphatic rings. The molecule has 3 rings (SSSR count). The van der Waals surface area contributed by atoms with Crippen LogP contribution >= 0.6 is 0 Å². The molecule has 148 valence electrons. The maximum atomic E-state index is 12.8. The smallest absolute Gasteiger partial charge is 0.323 e. The summed E-state index contributed by atoms with van der Waals surface area (Å²) in [4.78, 5) is 14.8. The van der Waals surface area contributed by atoms with E-state index in [4.69, 9.17) is 0 Å². The van der Waals surface area contributed by atoms with E-state index in [-0.39, 0.29) is 5.91 Å². The Kier molecular flexibility index (Phi) is 7.29. The fraction of sp³-hybridized carbons (Fsp3) is 0.435. The van der Waals surface area contributed by atoms with Crippen molar-refractivity contribution in [1.82, 2.24) is 10.2 Å². The van der Waals surface area contributed by atoms with Crippen molar-refractivity contribution < 1.29 is 9.82 Å². The summed E-state index contributed by atoms with van der Waals surface area (Å²) in [6.07, 6.45) is 3.69. The SMILES string of the molecule is CCCB(O)c1ccc(C(=O)N2CCC(c3cccc(CNC)c3)CC2)cc1. The third-order valence-electron chi connectivity index (χ3n) is 5.69. The van der Waals surface area contributed by atoms with Crippen molar-refractivity contribution in [3.05, 3.63) is 65.2 Å². The molecule has 0 radical (unpaired) electrons. The minimum Gasteiger partial charge on any atom is -0.446 e. The van der Waals surface area contributed by atoms with Crippen LogP contribution in [0.1, 0.15) is 53.6 Å². The van der Waals surface area contributed by atoms with Gasteiger partial charge in [-0.15, -0.1) is 0 Å². The van der Waals surface area contributed by atoms with Gasteiger partial charge in [0.1, 0.15) is 0 Å². The first kappa shape index (κ1) is 20.6. The Morgan fingerprint density at radius 2 is 1.89 bits per heavy atom. The molecule has 4 nitrogen and oxygen atoms in total. The lowest BCUT2D eigenvalue weighted by molar-refractivity contribution is 0.0713. The summed E-state index contributed by atoms with van der Waals surface area (Å²) in [7, 11) is 1.97. The van der Waals surface area contributed by atoms with E-state index in [0.717, 1.165) is 50.7 Å². The molecule has 1 saturated heterocycles. The summed E-state index contributed by atoms with van der Waals surface area (Å²) in [6.45, 7) is 4.08. The maximum Gasteiger partial charge on any atom is 0.323 e. The van der Waals surface area contributed by atoms with E-state index in [1.807, 2.05) is 36.2 Å². The molecule has 1 aliphatic heterocycles. The zero-order valence-corrected chi connectivity index (χ0v) is 17.0. The molecule has 1 fully saturated rings. The molecule has 2 aromatic rings. The van der Waals surface area contributed by atoms with Crippen LogP contribution in [0.4, 0.5) is 0 Å². The predicted octanol–water partition coefficient (Wildman–Crippen LogP) is 3.03. The van der Waals surface area contributed by atoms with Gasteiger partial charge in [0.2, 0.25) is 0 Å². The highest BCUT2D eigenvalue weighted by Crippen LogP contribution is 2.29. The maximum absolute atomic E-state index is 12.8. The topological polar surface area (TPSA) is 52.6 Å². The first-order valence-electron chi connectivity index (χ1n) is 10.4. The number of likely N-dealkylation sites (tertiary alicyclic amines) is 1. The van der Waals surface area contributed by atoms with Crippen LogP contribution in [0.15, 0.2) is 48.5 Å². The zero-order chi connectivity index (χ0) is 19.9. The van der Waals surface area contributed by atoms with E-state index in [9.17, 15) is 9.82 Å². The highest BCUT2D eigenvalue weighted by atomic mass is 16.2. The van der Waals surface area contributed by atoms with Crippen LogP contribution < -0.4 is 10.8 Å². The second-order valence-corrected chi connectivity index (χ2v) is 7.77. The van der Waals surface area contributed by atoms with Gasteiger partial charge >= 0.3 is 6.92 Å². The van der Waals surface area contributed by atoms with Gasteiger partial charge in [-0.25, -0.2) is 0 Å². The fourth-order valence-corrected chi connectivity index (χ4v) is 4.05. The summed E-state index contributed by atoms with van der Waals surface area (Å²) >= 11 is 0. The summed E-state index contributed by atoms with van der Waals surface area (Å²) in [6, 6.07) is 16.3. The molecule has 0 saturated carbocycles. The average Bonchev–Trinajstić information content (AvgIpc) is 2.74. The van der Waals surface area contributed by atoms with Gasteiger partial charge in [-0.2, -0.15) is 0 Å². The first-order chi connectivity index (χ1) is 13.6. The van der Waals surface area contributed by atoms with Crippen LogP contribution in [0.2, 0.25) is 6.32 Å². The molecule has 0 atom stereocenters. The first-order valence-corrected chi connectivity index (χ1v) is 10.4. The molecule has 28 heavy (non-hydrogen) atoms. The Hall–Kier alpha value is -2.11. The molecular formula is C23H31BN2O2. The standard InChI is InChI=1S/C23H31BN2O2/c1-3-13-24(28)22-9-7-20(8-10-22)23(27)26-14-11-19(12-15-26)21-6-4-5-18(16-21)17-25-2/h4-10,16,19,25,28H,3,11-15,17H2,1-2H3. The number of carbonyl (C=O) groups is 1. The summed E-state index contributed by atoms with van der Waals surface area (Å²) in [5.74, 6) is 0.617. The molecule has 1 amide bonds. The number of hydrogen-bond acceptors (Lipinski definition) is 3. The fourth-order valence-electron chi connectivity index (χ4n) is 4.05. The second kappa shape index (κ2) is 9.90. The lowest BCUT2D eigenvalue weighted by atomic mass is 9.58. The molecule has 0 aliphatic carbocycles. The lowest BCUT2D eigenvalue weighted by Crippen LogP contribution is -2.38. The molecule has 0 spiro atoms. The van der Waals surface area contributed by atoms with Crippen molar-refractivity contribution in [1.29, 1.82) is 0 Å². The van der Waals surface area contributed by atoms with Gasteiger partial charge in [0.15, 0.2) is 0 Å². The monoisotopic (exact) mass is 378 g/mol. The number of piperidine rings is 1. The minimum absolute atomic E-state index is 0.0962. The number of amides is 1. The van der Waals surface area contributed by atoms with Crippen molar-refractivity contribution in [2.75, 3.05) is 20.1 Å². The largest absolute Gasteiger partial charge is 0.446 e. The second-order valence-electron chi connectivity index (χ2n) is 7.77. The Balaban J connectivity index is 1.58. The highest BCUT2D eigenvalue weighted by molar-refractivity contribution is 6.66. The van der Waals surface area contributed by atoms with Gasteiger partial charge in [0.05, 0.1) is 0 Å². The van der Waals surface area contributed by atoms with Crippen LogP contribution in [-0.4, -0.2) is 42.9 Å². The average molecular weight is 378 g/mol. The van der Waals surface area contributed by atoms with E-state index in [2.05, 4.69) is 36.5 Å². The molecule has 2 aromatic carbocycles. The molecule has 0 aromatic heterocycles. The van der Waals surface area contributed by atoms with Gasteiger partial charge in [-0.05, 0) is 60.8 Å². The van der Waals surface area contributed by atoms with Crippen LogP contribution in [0.3, 0.4) is 0 Å². The van der Waals surface area contributed by atoms with Crippen LogP contribution in [0.25, 0.3) is 0 Å². The van der Waals surface area contributed by atoms with Gasteiger partial charge in [-0.1, -0.05) is 49.7 Å². The van der Waals surface area contributed by atoms with Crippen LogP contribution in [-0.2, 0) is 6.54 Å². The van der Waals surface area contributed by atoms with Gasteiger partial charge in [0, 0.05) is 25.2 Å². The molecule has 1 heterocycles. The van der Waals surface area contributed by atoms with Crippen molar-refractivity contribution in [2.24, 2.45) is 0 Å². The zero-order valence-electron chi connectivity index (χ0n) is 17.0. The third kappa shape index (κ3) is 5.03. The summed E-state index contributed by atoms with van der Waals surface area (Å²) in [5.41, 5.74) is 4.29. The summed E-state index contributed by atoms with van der Waals surface area (Å²) < 4.78 is 0. The van der Waals surface area contributed by atoms with Crippen molar-refractivity contribution in [3.8, 4) is 0 Å². The van der Waals surface area contributed by atoms with Gasteiger partial charge < -0.3 is 15.2 Å². The molecule has 5 heteroatoms. The number of hydrogen-bond donors (Lipinski definition) is 2. The van der Waals surface area contributed by atoms with E-state index in [1.54, 1.807) is 0 Å². The normalized spacial score (nSPS) is 14.9. The number of nitrogens with one attached hydrogen (secondary N) is 1. The summed E-state index contributed by atoms with van der Waals surface area (Å²) in [5, 5.41) is 13.3. The Morgan fingerprint density at radius 1 is 1.18 bits per heavy atom. The predicted molar refractivity (Wildman–Crippen MR) is 116 cm³/mol. The number of rotatable bonds is 7. The van der Waals surface area contributed by atoms with Crippen molar-refractivity contribution >= 4 is 18.3 Å². The van der Waals surface area contributed by atoms with Crippen LogP contribution in [0.5, 0.6) is 0 Å².